The van der Waals surface area contributed by atoms with Gasteiger partial charge in [-0.15, -0.1) is 0 Å². The fraction of sp³-hybridized carbons (Fsp3) is 0.0909. The largest absolute Gasteiger partial charge is 0.478 e. The van der Waals surface area contributed by atoms with Gasteiger partial charge in [-0.25, -0.2) is 13.2 Å². The Morgan fingerprint density at radius 2 is 2.15 bits per heavy atom. The van der Waals surface area contributed by atoms with Gasteiger partial charge in [-0.05, 0) is 47.7 Å². The zero-order chi connectivity index (χ0) is 14.9. The van der Waals surface area contributed by atoms with Gasteiger partial charge >= 0.3 is 5.97 Å². The molecule has 0 aliphatic heterocycles. The van der Waals surface area contributed by atoms with Gasteiger partial charge in [-0.1, -0.05) is 0 Å². The van der Waals surface area contributed by atoms with Crippen LogP contribution in [0.1, 0.15) is 16.1 Å². The van der Waals surface area contributed by atoms with E-state index < -0.39 is 16.0 Å². The Bertz CT molecular complexity index is 770. The highest BCUT2D eigenvalue weighted by Gasteiger charge is 2.21. The van der Waals surface area contributed by atoms with E-state index in [0.29, 0.717) is 9.26 Å². The fourth-order valence-electron chi connectivity index (χ4n) is 1.59. The average Bonchev–Trinajstić information content (AvgIpc) is 2.78. The van der Waals surface area contributed by atoms with Crippen molar-refractivity contribution < 1.29 is 18.3 Å². The minimum absolute atomic E-state index is 0.0125. The zero-order valence-electron chi connectivity index (χ0n) is 10.2. The summed E-state index contributed by atoms with van der Waals surface area (Å²) in [5, 5.41) is 15.3. The molecule has 0 fully saturated rings. The van der Waals surface area contributed by atoms with E-state index in [4.69, 9.17) is 5.11 Å². The molecule has 1 heterocycles. The predicted molar refractivity (Wildman–Crippen MR) is 80.3 cm³/mol. The molecular weight excluding hydrogens is 397 g/mol. The number of nitrogens with one attached hydrogen (secondary N) is 2. The highest BCUT2D eigenvalue weighted by atomic mass is 127. The van der Waals surface area contributed by atoms with E-state index in [1.165, 1.54) is 18.3 Å². The molecule has 0 saturated carbocycles. The third kappa shape index (κ3) is 2.93. The van der Waals surface area contributed by atoms with Gasteiger partial charge in [0.15, 0.2) is 0 Å². The number of carboxylic acids is 1. The highest BCUT2D eigenvalue weighted by Crippen LogP contribution is 2.23. The SMILES string of the molecule is Cc1[nH]ncc1S(=O)(=O)Nc1ccc(I)cc1C(=O)O. The van der Waals surface area contributed by atoms with Gasteiger partial charge in [0.25, 0.3) is 10.0 Å². The van der Waals surface area contributed by atoms with E-state index >= 15 is 0 Å². The molecule has 9 heteroatoms. The molecule has 20 heavy (non-hydrogen) atoms. The second kappa shape index (κ2) is 5.40. The van der Waals surface area contributed by atoms with E-state index in [0.717, 1.165) is 0 Å². The van der Waals surface area contributed by atoms with Crippen molar-refractivity contribution in [2.75, 3.05) is 4.72 Å². The number of rotatable bonds is 4. The molecule has 106 valence electrons. The Labute approximate surface area is 128 Å². The zero-order valence-corrected chi connectivity index (χ0v) is 13.2. The summed E-state index contributed by atoms with van der Waals surface area (Å²) in [6, 6.07) is 4.42. The summed E-state index contributed by atoms with van der Waals surface area (Å²) in [4.78, 5) is 11.1. The topological polar surface area (TPSA) is 112 Å². The number of hydrogen-bond acceptors (Lipinski definition) is 4. The smallest absolute Gasteiger partial charge is 0.337 e. The van der Waals surface area contributed by atoms with Gasteiger partial charge in [0.05, 0.1) is 23.1 Å². The Hall–Kier alpha value is -1.62. The molecule has 2 aromatic rings. The first kappa shape index (κ1) is 14.8. The maximum absolute atomic E-state index is 12.2. The molecule has 0 unspecified atom stereocenters. The van der Waals surface area contributed by atoms with Gasteiger partial charge in [0.1, 0.15) is 4.90 Å². The van der Waals surface area contributed by atoms with Crippen LogP contribution in [-0.2, 0) is 10.0 Å². The molecule has 0 radical (unpaired) electrons. The second-order valence-electron chi connectivity index (χ2n) is 3.96. The van der Waals surface area contributed by atoms with Crippen LogP contribution in [0.25, 0.3) is 0 Å². The number of H-pyrrole nitrogens is 1. The Morgan fingerprint density at radius 3 is 2.70 bits per heavy atom. The second-order valence-corrected chi connectivity index (χ2v) is 6.86. The average molecular weight is 407 g/mol. The number of halogens is 1. The van der Waals surface area contributed by atoms with Crippen LogP contribution >= 0.6 is 22.6 Å². The van der Waals surface area contributed by atoms with E-state index in [-0.39, 0.29) is 16.1 Å². The quantitative estimate of drug-likeness (QED) is 0.670. The molecule has 7 nitrogen and oxygen atoms in total. The molecule has 2 rings (SSSR count). The number of aromatic carboxylic acids is 1. The van der Waals surface area contributed by atoms with Crippen LogP contribution in [0, 0.1) is 10.5 Å². The summed E-state index contributed by atoms with van der Waals surface area (Å²) in [5.41, 5.74) is 0.278. The lowest BCUT2D eigenvalue weighted by atomic mass is 10.2. The molecule has 0 bridgehead atoms. The molecule has 1 aromatic carbocycles. The van der Waals surface area contributed by atoms with Crippen LogP contribution in [0.15, 0.2) is 29.3 Å². The van der Waals surface area contributed by atoms with Crippen molar-refractivity contribution >= 4 is 44.3 Å². The molecule has 0 spiro atoms. The van der Waals surface area contributed by atoms with E-state index in [9.17, 15) is 13.2 Å². The molecule has 1 aromatic heterocycles. The number of hydrogen-bond donors (Lipinski definition) is 3. The number of carbonyl (C=O) groups is 1. The third-order valence-electron chi connectivity index (χ3n) is 2.53. The van der Waals surface area contributed by atoms with Crippen molar-refractivity contribution in [2.24, 2.45) is 0 Å². The van der Waals surface area contributed by atoms with Gasteiger partial charge in [-0.3, -0.25) is 9.82 Å². The van der Waals surface area contributed by atoms with Crippen LogP contribution in [-0.4, -0.2) is 29.7 Å². The molecule has 0 aliphatic carbocycles. The van der Waals surface area contributed by atoms with Gasteiger partial charge in [-0.2, -0.15) is 5.10 Å². The summed E-state index contributed by atoms with van der Waals surface area (Å²) in [6.07, 6.45) is 1.17. The number of anilines is 1. The summed E-state index contributed by atoms with van der Waals surface area (Å²) in [6.45, 7) is 1.56. The maximum atomic E-state index is 12.2. The number of nitrogens with zero attached hydrogens (tertiary/aromatic N) is 1. The number of aromatic amines is 1. The molecular formula is C11H10IN3O4S. The van der Waals surface area contributed by atoms with Crippen LogP contribution in [0.2, 0.25) is 0 Å². The van der Waals surface area contributed by atoms with Crippen LogP contribution in [0.4, 0.5) is 5.69 Å². The third-order valence-corrected chi connectivity index (χ3v) is 4.68. The standard InChI is InChI=1S/C11H10IN3O4S/c1-6-10(5-13-14-6)20(18,19)15-9-3-2-7(12)4-8(9)11(16)17/h2-5,15H,1H3,(H,13,14)(H,16,17). The first-order chi connectivity index (χ1) is 9.31. The molecule has 0 atom stereocenters. The Morgan fingerprint density at radius 1 is 1.45 bits per heavy atom. The van der Waals surface area contributed by atoms with Crippen molar-refractivity contribution in [3.63, 3.8) is 0 Å². The van der Waals surface area contributed by atoms with Crippen molar-refractivity contribution in [1.82, 2.24) is 10.2 Å². The van der Waals surface area contributed by atoms with Crippen LogP contribution in [0.5, 0.6) is 0 Å². The van der Waals surface area contributed by atoms with Crippen molar-refractivity contribution in [1.29, 1.82) is 0 Å². The summed E-state index contributed by atoms with van der Waals surface area (Å²) in [7, 11) is -3.88. The van der Waals surface area contributed by atoms with Crippen LogP contribution in [0.3, 0.4) is 0 Å². The number of aromatic nitrogens is 2. The van der Waals surface area contributed by atoms with Gasteiger partial charge in [0.2, 0.25) is 0 Å². The van der Waals surface area contributed by atoms with Crippen molar-refractivity contribution in [2.45, 2.75) is 11.8 Å². The fourth-order valence-corrected chi connectivity index (χ4v) is 3.30. The maximum Gasteiger partial charge on any atom is 0.337 e. The number of sulfonamides is 1. The normalized spacial score (nSPS) is 11.3. The first-order valence-corrected chi connectivity index (χ1v) is 7.93. The monoisotopic (exact) mass is 407 g/mol. The molecule has 0 amide bonds. The van der Waals surface area contributed by atoms with Gasteiger partial charge in [0, 0.05) is 3.57 Å². The number of benzene rings is 1. The van der Waals surface area contributed by atoms with Crippen LogP contribution < -0.4 is 4.72 Å². The first-order valence-electron chi connectivity index (χ1n) is 5.37. The Kier molecular flexibility index (Phi) is 3.99. The van der Waals surface area contributed by atoms with E-state index in [2.05, 4.69) is 14.9 Å². The Balaban J connectivity index is 2.45. The minimum atomic E-state index is -3.88. The minimum Gasteiger partial charge on any atom is -0.478 e. The highest BCUT2D eigenvalue weighted by molar-refractivity contribution is 14.1. The molecule has 0 aliphatic rings. The van der Waals surface area contributed by atoms with Crippen molar-refractivity contribution in [3.05, 3.63) is 39.2 Å². The number of carboxylic acid groups (broad SMARTS) is 1. The predicted octanol–water partition coefficient (Wildman–Crippen LogP) is 1.82. The molecule has 0 saturated heterocycles. The molecule has 3 N–H and O–H groups in total. The van der Waals surface area contributed by atoms with E-state index in [1.807, 2.05) is 22.6 Å². The summed E-state index contributed by atoms with van der Waals surface area (Å²) in [5.74, 6) is -1.20. The lowest BCUT2D eigenvalue weighted by Crippen LogP contribution is -2.16. The lowest BCUT2D eigenvalue weighted by molar-refractivity contribution is 0.0698. The summed E-state index contributed by atoms with van der Waals surface area (Å²) < 4.78 is 27.3. The van der Waals surface area contributed by atoms with E-state index in [1.54, 1.807) is 13.0 Å². The summed E-state index contributed by atoms with van der Waals surface area (Å²) >= 11 is 1.95. The van der Waals surface area contributed by atoms with Crippen molar-refractivity contribution in [3.8, 4) is 0 Å². The van der Waals surface area contributed by atoms with Gasteiger partial charge < -0.3 is 5.11 Å². The number of aryl methyl sites for hydroxylation is 1. The lowest BCUT2D eigenvalue weighted by Gasteiger charge is -2.10.